The molecule has 0 aliphatic carbocycles. The highest BCUT2D eigenvalue weighted by Gasteiger charge is 2.05. The van der Waals surface area contributed by atoms with Gasteiger partial charge in [-0.1, -0.05) is 41.2 Å². The number of aryl methyl sites for hydroxylation is 2. The van der Waals surface area contributed by atoms with Crippen LogP contribution in [0.15, 0.2) is 36.4 Å². The maximum Gasteiger partial charge on any atom is 0.165 e. The van der Waals surface area contributed by atoms with Crippen LogP contribution in [0.4, 0.5) is 4.39 Å². The van der Waals surface area contributed by atoms with Gasteiger partial charge in [-0.25, -0.2) is 4.39 Å². The van der Waals surface area contributed by atoms with Crippen LogP contribution in [0.5, 0.6) is 5.75 Å². The topological polar surface area (TPSA) is 9.23 Å². The van der Waals surface area contributed by atoms with Crippen LogP contribution in [-0.4, -0.2) is 5.88 Å². The zero-order chi connectivity index (χ0) is 15.2. The van der Waals surface area contributed by atoms with Gasteiger partial charge in [0.2, 0.25) is 0 Å². The smallest absolute Gasteiger partial charge is 0.165 e. The molecule has 21 heavy (non-hydrogen) atoms. The van der Waals surface area contributed by atoms with Crippen LogP contribution >= 0.6 is 11.6 Å². The largest absolute Gasteiger partial charge is 0.486 e. The normalized spacial score (nSPS) is 9.90. The van der Waals surface area contributed by atoms with Gasteiger partial charge in [0.25, 0.3) is 0 Å². The Bertz CT molecular complexity index is 678. The lowest BCUT2D eigenvalue weighted by molar-refractivity contribution is 0.290. The van der Waals surface area contributed by atoms with Gasteiger partial charge in [-0.3, -0.25) is 0 Å². The van der Waals surface area contributed by atoms with E-state index in [-0.39, 0.29) is 11.6 Å². The highest BCUT2D eigenvalue weighted by atomic mass is 35.5. The summed E-state index contributed by atoms with van der Waals surface area (Å²) in [4.78, 5) is 0. The lowest BCUT2D eigenvalue weighted by atomic mass is 10.1. The molecule has 2 rings (SSSR count). The molecular weight excluding hydrogens is 287 g/mol. The number of ether oxygens (including phenoxy) is 1. The van der Waals surface area contributed by atoms with Gasteiger partial charge in [0.15, 0.2) is 11.6 Å². The highest BCUT2D eigenvalue weighted by molar-refractivity contribution is 6.19. The number of alkyl halides is 1. The SMILES string of the molecule is Cc1cc(C)cc(COc2cc(C#CCCl)ccc2F)c1. The average Bonchev–Trinajstić information content (AvgIpc) is 2.44. The number of hydrogen-bond acceptors (Lipinski definition) is 1. The summed E-state index contributed by atoms with van der Waals surface area (Å²) in [5.74, 6) is 5.64. The summed E-state index contributed by atoms with van der Waals surface area (Å²) >= 11 is 5.51. The van der Waals surface area contributed by atoms with Crippen LogP contribution in [0.25, 0.3) is 0 Å². The van der Waals surface area contributed by atoms with Crippen molar-refractivity contribution in [3.05, 3.63) is 64.5 Å². The predicted octanol–water partition coefficient (Wildman–Crippen LogP) is 4.61. The van der Waals surface area contributed by atoms with Crippen molar-refractivity contribution in [1.82, 2.24) is 0 Å². The molecule has 0 saturated heterocycles. The van der Waals surface area contributed by atoms with E-state index in [4.69, 9.17) is 16.3 Å². The number of hydrogen-bond donors (Lipinski definition) is 0. The van der Waals surface area contributed by atoms with Crippen LogP contribution in [0.1, 0.15) is 22.3 Å². The first-order chi connectivity index (χ1) is 10.1. The average molecular weight is 303 g/mol. The van der Waals surface area contributed by atoms with Gasteiger partial charge in [0.1, 0.15) is 6.61 Å². The van der Waals surface area contributed by atoms with Gasteiger partial charge in [0, 0.05) is 5.56 Å². The number of halogens is 2. The zero-order valence-corrected chi connectivity index (χ0v) is 12.8. The summed E-state index contributed by atoms with van der Waals surface area (Å²) in [6, 6.07) is 10.7. The van der Waals surface area contributed by atoms with Gasteiger partial charge in [-0.05, 0) is 37.6 Å². The Labute approximate surface area is 129 Å². The Morgan fingerprint density at radius 2 is 1.81 bits per heavy atom. The summed E-state index contributed by atoms with van der Waals surface area (Å²) in [6.45, 7) is 4.38. The fourth-order valence-corrected chi connectivity index (χ4v) is 2.21. The standard InChI is InChI=1S/C18H16ClFO/c1-13-8-14(2)10-16(9-13)12-21-18-11-15(4-3-7-19)5-6-17(18)20/h5-6,8-11H,7,12H2,1-2H3. The molecule has 0 unspecified atom stereocenters. The molecule has 3 heteroatoms. The summed E-state index contributed by atoms with van der Waals surface area (Å²) in [6.07, 6.45) is 0. The predicted molar refractivity (Wildman–Crippen MR) is 84.2 cm³/mol. The van der Waals surface area contributed by atoms with Crippen molar-refractivity contribution in [2.24, 2.45) is 0 Å². The quantitative estimate of drug-likeness (QED) is 0.594. The zero-order valence-electron chi connectivity index (χ0n) is 12.0. The van der Waals surface area contributed by atoms with Crippen molar-refractivity contribution in [2.75, 3.05) is 5.88 Å². The Hall–Kier alpha value is -1.98. The van der Waals surface area contributed by atoms with Crippen molar-refractivity contribution in [1.29, 1.82) is 0 Å². The van der Waals surface area contributed by atoms with E-state index in [2.05, 4.69) is 17.9 Å². The minimum absolute atomic E-state index is 0.204. The molecule has 0 saturated carbocycles. The molecule has 0 fully saturated rings. The second-order valence-corrected chi connectivity index (χ2v) is 5.13. The van der Waals surface area contributed by atoms with Crippen molar-refractivity contribution in [3.8, 4) is 17.6 Å². The first kappa shape index (κ1) is 15.4. The van der Waals surface area contributed by atoms with Crippen molar-refractivity contribution in [3.63, 3.8) is 0 Å². The molecule has 0 spiro atoms. The summed E-state index contributed by atoms with van der Waals surface area (Å²) < 4.78 is 19.3. The molecule has 0 bridgehead atoms. The molecule has 2 aromatic carbocycles. The lowest BCUT2D eigenvalue weighted by Crippen LogP contribution is -1.99. The number of benzene rings is 2. The third kappa shape index (κ3) is 4.51. The van der Waals surface area contributed by atoms with E-state index in [0.717, 1.165) is 16.7 Å². The molecule has 0 aliphatic rings. The molecule has 0 aliphatic heterocycles. The van der Waals surface area contributed by atoms with Crippen molar-refractivity contribution < 1.29 is 9.13 Å². The second-order valence-electron chi connectivity index (χ2n) is 4.87. The van der Waals surface area contributed by atoms with Gasteiger partial charge >= 0.3 is 0 Å². The monoisotopic (exact) mass is 302 g/mol. The molecule has 2 aromatic rings. The Morgan fingerprint density at radius 1 is 1.10 bits per heavy atom. The highest BCUT2D eigenvalue weighted by Crippen LogP contribution is 2.20. The molecule has 0 atom stereocenters. The van der Waals surface area contributed by atoms with E-state index in [0.29, 0.717) is 12.2 Å². The van der Waals surface area contributed by atoms with Crippen LogP contribution < -0.4 is 4.74 Å². The van der Waals surface area contributed by atoms with Crippen LogP contribution in [0.3, 0.4) is 0 Å². The molecule has 108 valence electrons. The molecule has 1 nitrogen and oxygen atoms in total. The molecule has 0 heterocycles. The minimum Gasteiger partial charge on any atom is -0.486 e. The van der Waals surface area contributed by atoms with E-state index in [9.17, 15) is 4.39 Å². The van der Waals surface area contributed by atoms with E-state index in [1.807, 2.05) is 26.0 Å². The maximum absolute atomic E-state index is 13.8. The lowest BCUT2D eigenvalue weighted by Gasteiger charge is -2.09. The third-order valence-corrected chi connectivity index (χ3v) is 3.04. The molecule has 0 aromatic heterocycles. The first-order valence-corrected chi connectivity index (χ1v) is 7.16. The van der Waals surface area contributed by atoms with Gasteiger partial charge < -0.3 is 4.74 Å². The summed E-state index contributed by atoms with van der Waals surface area (Å²) in [5, 5.41) is 0. The summed E-state index contributed by atoms with van der Waals surface area (Å²) in [5.41, 5.74) is 4.03. The molecular formula is C18H16ClFO. The fraction of sp³-hybridized carbons (Fsp3) is 0.222. The summed E-state index contributed by atoms with van der Waals surface area (Å²) in [7, 11) is 0. The van der Waals surface area contributed by atoms with Crippen molar-refractivity contribution >= 4 is 11.6 Å². The van der Waals surface area contributed by atoms with Crippen LogP contribution in [-0.2, 0) is 6.61 Å². The first-order valence-electron chi connectivity index (χ1n) is 6.63. The minimum atomic E-state index is -0.393. The van der Waals surface area contributed by atoms with Crippen LogP contribution in [0, 0.1) is 31.5 Å². The maximum atomic E-state index is 13.8. The molecule has 0 N–H and O–H groups in total. The number of rotatable bonds is 3. The fourth-order valence-electron chi connectivity index (χ4n) is 2.14. The molecule has 0 radical (unpaired) electrons. The van der Waals surface area contributed by atoms with E-state index in [1.54, 1.807) is 12.1 Å². The van der Waals surface area contributed by atoms with E-state index < -0.39 is 5.82 Å². The van der Waals surface area contributed by atoms with Gasteiger partial charge in [-0.15, -0.1) is 11.6 Å². The Kier molecular flexibility index (Phi) is 5.25. The van der Waals surface area contributed by atoms with Gasteiger partial charge in [0.05, 0.1) is 5.88 Å². The second kappa shape index (κ2) is 7.15. The van der Waals surface area contributed by atoms with Crippen molar-refractivity contribution in [2.45, 2.75) is 20.5 Å². The Balaban J connectivity index is 2.15. The van der Waals surface area contributed by atoms with E-state index in [1.165, 1.54) is 6.07 Å². The van der Waals surface area contributed by atoms with E-state index >= 15 is 0 Å². The third-order valence-electron chi connectivity index (χ3n) is 2.91. The Morgan fingerprint density at radius 3 is 2.48 bits per heavy atom. The van der Waals surface area contributed by atoms with Gasteiger partial charge in [-0.2, -0.15) is 0 Å². The molecule has 0 amide bonds. The van der Waals surface area contributed by atoms with Crippen LogP contribution in [0.2, 0.25) is 0 Å².